The zero-order valence-electron chi connectivity index (χ0n) is 10.6. The predicted molar refractivity (Wildman–Crippen MR) is 69.4 cm³/mol. The highest BCUT2D eigenvalue weighted by Crippen LogP contribution is 2.18. The molecule has 1 atom stereocenters. The van der Waals surface area contributed by atoms with Gasteiger partial charge < -0.3 is 15.8 Å². The maximum absolute atomic E-state index is 11.3. The van der Waals surface area contributed by atoms with E-state index in [1.165, 1.54) is 0 Å². The number of amides is 1. The van der Waals surface area contributed by atoms with Crippen molar-refractivity contribution < 1.29 is 9.53 Å². The Bertz CT molecular complexity index is 422. The first-order valence-electron chi connectivity index (χ1n) is 6.07. The predicted octanol–water partition coefficient (Wildman–Crippen LogP) is 0.127. The molecule has 0 aliphatic carbocycles. The van der Waals surface area contributed by atoms with Crippen LogP contribution in [0.1, 0.15) is 11.6 Å². The Morgan fingerprint density at radius 2 is 2.39 bits per heavy atom. The van der Waals surface area contributed by atoms with Gasteiger partial charge >= 0.3 is 0 Å². The summed E-state index contributed by atoms with van der Waals surface area (Å²) in [5, 5.41) is 2.80. The van der Waals surface area contributed by atoms with E-state index < -0.39 is 0 Å². The zero-order valence-corrected chi connectivity index (χ0v) is 10.6. The molecule has 0 saturated carbocycles. The highest BCUT2D eigenvalue weighted by Gasteiger charge is 2.19. The van der Waals surface area contributed by atoms with Crippen LogP contribution in [-0.2, 0) is 4.79 Å². The first kappa shape index (κ1) is 12.9. The van der Waals surface area contributed by atoms with Gasteiger partial charge in [0.2, 0.25) is 5.91 Å². The molecule has 2 rings (SSSR count). The van der Waals surface area contributed by atoms with Crippen molar-refractivity contribution in [2.45, 2.75) is 6.04 Å². The van der Waals surface area contributed by atoms with Crippen LogP contribution in [0, 0.1) is 0 Å². The Morgan fingerprint density at radius 3 is 3.11 bits per heavy atom. The largest absolute Gasteiger partial charge is 0.497 e. The Labute approximate surface area is 107 Å². The summed E-state index contributed by atoms with van der Waals surface area (Å²) in [7, 11) is 1.64. The molecule has 5 nitrogen and oxygen atoms in total. The van der Waals surface area contributed by atoms with Crippen molar-refractivity contribution in [2.75, 3.05) is 33.3 Å². The zero-order chi connectivity index (χ0) is 13.0. The van der Waals surface area contributed by atoms with E-state index in [0.29, 0.717) is 19.6 Å². The van der Waals surface area contributed by atoms with Crippen LogP contribution in [0.4, 0.5) is 0 Å². The van der Waals surface area contributed by atoms with E-state index in [4.69, 9.17) is 10.5 Å². The van der Waals surface area contributed by atoms with Gasteiger partial charge in [0.15, 0.2) is 0 Å². The molecular weight excluding hydrogens is 230 g/mol. The van der Waals surface area contributed by atoms with Gasteiger partial charge in [-0.2, -0.15) is 0 Å². The Balaban J connectivity index is 1.97. The topological polar surface area (TPSA) is 67.6 Å². The first-order chi connectivity index (χ1) is 8.69. The maximum Gasteiger partial charge on any atom is 0.234 e. The number of benzene rings is 1. The third kappa shape index (κ3) is 3.21. The van der Waals surface area contributed by atoms with E-state index in [1.54, 1.807) is 7.11 Å². The molecule has 5 heteroatoms. The van der Waals surface area contributed by atoms with Crippen molar-refractivity contribution in [3.63, 3.8) is 0 Å². The van der Waals surface area contributed by atoms with Crippen LogP contribution in [0.25, 0.3) is 0 Å². The van der Waals surface area contributed by atoms with Crippen LogP contribution in [0.15, 0.2) is 24.3 Å². The number of rotatable bonds is 4. The second kappa shape index (κ2) is 5.84. The van der Waals surface area contributed by atoms with E-state index in [1.807, 2.05) is 24.3 Å². The van der Waals surface area contributed by atoms with Crippen LogP contribution < -0.4 is 15.8 Å². The standard InChI is InChI=1S/C13H19N3O2/c1-18-11-4-2-3-10(7-11)12(14)8-16-6-5-15-13(17)9-16/h2-4,7,12H,5-6,8-9,14H2,1H3,(H,15,17). The quantitative estimate of drug-likeness (QED) is 0.796. The molecule has 1 aromatic rings. The smallest absolute Gasteiger partial charge is 0.234 e. The molecule has 0 spiro atoms. The fraction of sp³-hybridized carbons (Fsp3) is 0.462. The van der Waals surface area contributed by atoms with Crippen LogP contribution in [0.3, 0.4) is 0 Å². The second-order valence-electron chi connectivity index (χ2n) is 4.47. The number of carbonyl (C=O) groups is 1. The van der Waals surface area contributed by atoms with Gasteiger partial charge in [0.05, 0.1) is 13.7 Å². The van der Waals surface area contributed by atoms with Gasteiger partial charge in [-0.15, -0.1) is 0 Å². The number of piperazine rings is 1. The molecule has 1 heterocycles. The molecular formula is C13H19N3O2. The van der Waals surface area contributed by atoms with E-state index in [9.17, 15) is 4.79 Å². The highest BCUT2D eigenvalue weighted by atomic mass is 16.5. The number of nitrogens with zero attached hydrogens (tertiary/aromatic N) is 1. The lowest BCUT2D eigenvalue weighted by molar-refractivity contribution is -0.124. The number of nitrogens with two attached hydrogens (primary N) is 1. The average Bonchev–Trinajstić information content (AvgIpc) is 2.39. The molecule has 1 aliphatic rings. The van der Waals surface area contributed by atoms with Crippen molar-refractivity contribution in [1.29, 1.82) is 0 Å². The van der Waals surface area contributed by atoms with Gasteiger partial charge in [0.25, 0.3) is 0 Å². The van der Waals surface area contributed by atoms with Crippen molar-refractivity contribution >= 4 is 5.91 Å². The van der Waals surface area contributed by atoms with Gasteiger partial charge in [-0.1, -0.05) is 12.1 Å². The molecule has 3 N–H and O–H groups in total. The number of ether oxygens (including phenoxy) is 1. The molecule has 0 radical (unpaired) electrons. The number of nitrogens with one attached hydrogen (secondary N) is 1. The summed E-state index contributed by atoms with van der Waals surface area (Å²) in [5.74, 6) is 0.874. The van der Waals surface area contributed by atoms with Gasteiger partial charge in [0, 0.05) is 25.7 Å². The van der Waals surface area contributed by atoms with Crippen LogP contribution in [0.2, 0.25) is 0 Å². The van der Waals surface area contributed by atoms with Gasteiger partial charge in [-0.25, -0.2) is 0 Å². The normalized spacial score (nSPS) is 18.2. The summed E-state index contributed by atoms with van der Waals surface area (Å²) in [6, 6.07) is 7.64. The number of carbonyl (C=O) groups excluding carboxylic acids is 1. The van der Waals surface area contributed by atoms with Gasteiger partial charge in [-0.3, -0.25) is 9.69 Å². The lowest BCUT2D eigenvalue weighted by Gasteiger charge is -2.29. The fourth-order valence-electron chi connectivity index (χ4n) is 2.10. The minimum Gasteiger partial charge on any atom is -0.497 e. The Kier molecular flexibility index (Phi) is 4.17. The lowest BCUT2D eigenvalue weighted by atomic mass is 10.1. The van der Waals surface area contributed by atoms with E-state index in [0.717, 1.165) is 17.9 Å². The summed E-state index contributed by atoms with van der Waals surface area (Å²) < 4.78 is 5.18. The molecule has 0 aromatic heterocycles. The van der Waals surface area contributed by atoms with Crippen molar-refractivity contribution in [1.82, 2.24) is 10.2 Å². The number of methoxy groups -OCH3 is 1. The molecule has 98 valence electrons. The molecule has 18 heavy (non-hydrogen) atoms. The van der Waals surface area contributed by atoms with Crippen molar-refractivity contribution in [3.8, 4) is 5.75 Å². The fourth-order valence-corrected chi connectivity index (χ4v) is 2.10. The van der Waals surface area contributed by atoms with Crippen molar-refractivity contribution in [3.05, 3.63) is 29.8 Å². The van der Waals surface area contributed by atoms with Crippen molar-refractivity contribution in [2.24, 2.45) is 5.73 Å². The molecule has 0 bridgehead atoms. The minimum absolute atomic E-state index is 0.0686. The molecule has 1 saturated heterocycles. The van der Waals surface area contributed by atoms with E-state index in [-0.39, 0.29) is 11.9 Å². The lowest BCUT2D eigenvalue weighted by Crippen LogP contribution is -2.49. The first-order valence-corrected chi connectivity index (χ1v) is 6.07. The van der Waals surface area contributed by atoms with Crippen LogP contribution >= 0.6 is 0 Å². The third-order valence-electron chi connectivity index (χ3n) is 3.09. The van der Waals surface area contributed by atoms with Gasteiger partial charge in [-0.05, 0) is 17.7 Å². The molecule has 1 amide bonds. The SMILES string of the molecule is COc1cccc(C(N)CN2CCNC(=O)C2)c1. The van der Waals surface area contributed by atoms with E-state index >= 15 is 0 Å². The maximum atomic E-state index is 11.3. The number of hydrogen-bond acceptors (Lipinski definition) is 4. The summed E-state index contributed by atoms with van der Waals surface area (Å²) in [6.07, 6.45) is 0. The minimum atomic E-state index is -0.106. The van der Waals surface area contributed by atoms with E-state index in [2.05, 4.69) is 10.2 Å². The summed E-state index contributed by atoms with van der Waals surface area (Å²) in [6.45, 7) is 2.66. The highest BCUT2D eigenvalue weighted by molar-refractivity contribution is 5.78. The van der Waals surface area contributed by atoms with Crippen LogP contribution in [0.5, 0.6) is 5.75 Å². The Hall–Kier alpha value is -1.59. The average molecular weight is 249 g/mol. The summed E-state index contributed by atoms with van der Waals surface area (Å²) in [5.41, 5.74) is 7.19. The van der Waals surface area contributed by atoms with Gasteiger partial charge in [0.1, 0.15) is 5.75 Å². The monoisotopic (exact) mass is 249 g/mol. The third-order valence-corrected chi connectivity index (χ3v) is 3.09. The molecule has 1 aliphatic heterocycles. The second-order valence-corrected chi connectivity index (χ2v) is 4.47. The molecule has 1 fully saturated rings. The summed E-state index contributed by atoms with van der Waals surface area (Å²) >= 11 is 0. The number of hydrogen-bond donors (Lipinski definition) is 2. The molecule has 1 unspecified atom stereocenters. The Morgan fingerprint density at radius 1 is 1.56 bits per heavy atom. The summed E-state index contributed by atoms with van der Waals surface area (Å²) in [4.78, 5) is 13.4. The molecule has 1 aromatic carbocycles. The van der Waals surface area contributed by atoms with Crippen LogP contribution in [-0.4, -0.2) is 44.1 Å².